The van der Waals surface area contributed by atoms with E-state index in [1.807, 2.05) is 12.1 Å². The fourth-order valence-electron chi connectivity index (χ4n) is 2.03. The van der Waals surface area contributed by atoms with Crippen LogP contribution in [0, 0.1) is 0 Å². The first-order valence-electron chi connectivity index (χ1n) is 6.07. The Morgan fingerprint density at radius 2 is 2.21 bits per heavy atom. The van der Waals surface area contributed by atoms with Gasteiger partial charge in [-0.2, -0.15) is 0 Å². The maximum atomic E-state index is 11.3. The van der Waals surface area contributed by atoms with Gasteiger partial charge in [0.15, 0.2) is 9.84 Å². The van der Waals surface area contributed by atoms with Crippen molar-refractivity contribution >= 4 is 27.1 Å². The molecule has 2 rings (SSSR count). The third-order valence-electron chi connectivity index (χ3n) is 3.06. The number of esters is 1. The van der Waals surface area contributed by atoms with Gasteiger partial charge in [-0.3, -0.25) is 4.79 Å². The highest BCUT2D eigenvalue weighted by atomic mass is 32.2. The summed E-state index contributed by atoms with van der Waals surface area (Å²) in [4.78, 5) is 13.2. The van der Waals surface area contributed by atoms with Gasteiger partial charge in [0.2, 0.25) is 0 Å². The summed E-state index contributed by atoms with van der Waals surface area (Å²) in [6, 6.07) is 3.92. The predicted octanol–water partition coefficient (Wildman–Crippen LogP) is 0.740. The van der Waals surface area contributed by atoms with E-state index in [1.54, 1.807) is 11.3 Å². The number of methoxy groups -OCH3 is 1. The van der Waals surface area contributed by atoms with E-state index in [1.165, 1.54) is 7.11 Å². The Bertz CT molecular complexity index is 550. The van der Waals surface area contributed by atoms with Gasteiger partial charge < -0.3 is 10.1 Å². The fraction of sp³-hybridized carbons (Fsp3) is 0.583. The molecule has 0 bridgehead atoms. The minimum absolute atomic E-state index is 0.0520. The average Bonchev–Trinajstić information content (AvgIpc) is 2.93. The highest BCUT2D eigenvalue weighted by molar-refractivity contribution is 7.91. The quantitative estimate of drug-likeness (QED) is 0.812. The summed E-state index contributed by atoms with van der Waals surface area (Å²) >= 11 is 1.55. The van der Waals surface area contributed by atoms with E-state index in [0.717, 1.165) is 9.75 Å². The van der Waals surface area contributed by atoms with Crippen molar-refractivity contribution in [2.24, 2.45) is 0 Å². The molecule has 106 valence electrons. The van der Waals surface area contributed by atoms with E-state index < -0.39 is 9.84 Å². The molecule has 0 amide bonds. The summed E-state index contributed by atoms with van der Waals surface area (Å²) in [5.74, 6) is 0.263. The van der Waals surface area contributed by atoms with E-state index >= 15 is 0 Å². The van der Waals surface area contributed by atoms with Crippen molar-refractivity contribution in [1.82, 2.24) is 5.32 Å². The van der Waals surface area contributed by atoms with Crippen LogP contribution in [-0.4, -0.2) is 39.0 Å². The zero-order valence-corrected chi connectivity index (χ0v) is 12.4. The second kappa shape index (κ2) is 6.02. The molecule has 2 heterocycles. The largest absolute Gasteiger partial charge is 0.469 e. The Labute approximate surface area is 116 Å². The van der Waals surface area contributed by atoms with Gasteiger partial charge in [-0.15, -0.1) is 11.3 Å². The minimum Gasteiger partial charge on any atom is -0.469 e. The molecule has 5 nitrogen and oxygen atoms in total. The Balaban J connectivity index is 1.82. The summed E-state index contributed by atoms with van der Waals surface area (Å²) in [5, 5.41) is 3.25. The lowest BCUT2D eigenvalue weighted by atomic mass is 10.2. The lowest BCUT2D eigenvalue weighted by Crippen LogP contribution is -2.29. The van der Waals surface area contributed by atoms with E-state index in [-0.39, 0.29) is 23.5 Å². The maximum absolute atomic E-state index is 11.3. The van der Waals surface area contributed by atoms with Gasteiger partial charge in [-0.05, 0) is 18.6 Å². The zero-order chi connectivity index (χ0) is 13.9. The normalized spacial score (nSPS) is 21.4. The number of ether oxygens (including phenoxy) is 1. The second-order valence-electron chi connectivity index (χ2n) is 4.60. The number of thiophene rings is 1. The smallest absolute Gasteiger partial charge is 0.310 e. The van der Waals surface area contributed by atoms with Crippen molar-refractivity contribution in [3.63, 3.8) is 0 Å². The molecule has 1 atom stereocenters. The fourth-order valence-corrected chi connectivity index (χ4v) is 4.69. The van der Waals surface area contributed by atoms with Crippen LogP contribution in [0.2, 0.25) is 0 Å². The molecule has 1 aromatic rings. The van der Waals surface area contributed by atoms with Gasteiger partial charge in [-0.1, -0.05) is 0 Å². The molecule has 1 aromatic heterocycles. The molecule has 1 N–H and O–H groups in total. The van der Waals surface area contributed by atoms with Crippen molar-refractivity contribution in [3.8, 4) is 0 Å². The number of carbonyl (C=O) groups is 1. The Kier molecular flexibility index (Phi) is 4.59. The van der Waals surface area contributed by atoms with Gasteiger partial charge in [-0.25, -0.2) is 8.42 Å². The average molecular weight is 303 g/mol. The SMILES string of the molecule is COC(=O)Cc1ccc(CNC2CCS(=O)(=O)C2)s1. The third-order valence-corrected chi connectivity index (χ3v) is 5.91. The molecule has 7 heteroatoms. The molecule has 1 aliphatic heterocycles. The van der Waals surface area contributed by atoms with Crippen molar-refractivity contribution in [1.29, 1.82) is 0 Å². The number of carbonyl (C=O) groups excluding carboxylic acids is 1. The molecule has 1 fully saturated rings. The molecule has 0 radical (unpaired) electrons. The van der Waals surface area contributed by atoms with Crippen molar-refractivity contribution < 1.29 is 17.9 Å². The van der Waals surface area contributed by atoms with Crippen LogP contribution in [0.5, 0.6) is 0 Å². The molecule has 19 heavy (non-hydrogen) atoms. The van der Waals surface area contributed by atoms with E-state index in [4.69, 9.17) is 0 Å². The summed E-state index contributed by atoms with van der Waals surface area (Å²) in [5.41, 5.74) is 0. The molecule has 0 spiro atoms. The number of sulfone groups is 1. The van der Waals surface area contributed by atoms with E-state index in [0.29, 0.717) is 19.4 Å². The molecule has 1 unspecified atom stereocenters. The Morgan fingerprint density at radius 1 is 1.47 bits per heavy atom. The summed E-state index contributed by atoms with van der Waals surface area (Å²) in [6.07, 6.45) is 0.974. The van der Waals surface area contributed by atoms with Gasteiger partial charge in [0, 0.05) is 22.3 Å². The number of rotatable bonds is 5. The van der Waals surface area contributed by atoms with E-state index in [2.05, 4.69) is 10.1 Å². The number of hydrogen-bond donors (Lipinski definition) is 1. The summed E-state index contributed by atoms with van der Waals surface area (Å²) in [7, 11) is -1.46. The van der Waals surface area contributed by atoms with Crippen molar-refractivity contribution in [3.05, 3.63) is 21.9 Å². The van der Waals surface area contributed by atoms with Gasteiger partial charge in [0.1, 0.15) is 0 Å². The van der Waals surface area contributed by atoms with Crippen LogP contribution in [0.4, 0.5) is 0 Å². The van der Waals surface area contributed by atoms with Crippen molar-refractivity contribution in [2.75, 3.05) is 18.6 Å². The summed E-state index contributed by atoms with van der Waals surface area (Å²) in [6.45, 7) is 0.645. The lowest BCUT2D eigenvalue weighted by Gasteiger charge is -2.08. The maximum Gasteiger partial charge on any atom is 0.310 e. The molecular formula is C12H17NO4S2. The molecule has 0 aliphatic carbocycles. The van der Waals surface area contributed by atoms with Crippen LogP contribution < -0.4 is 5.32 Å². The van der Waals surface area contributed by atoms with Gasteiger partial charge in [0.25, 0.3) is 0 Å². The Morgan fingerprint density at radius 3 is 2.84 bits per heavy atom. The van der Waals surface area contributed by atoms with Crippen LogP contribution >= 0.6 is 11.3 Å². The topological polar surface area (TPSA) is 72.5 Å². The molecule has 1 aliphatic rings. The van der Waals surface area contributed by atoms with Gasteiger partial charge in [0.05, 0.1) is 25.0 Å². The first kappa shape index (κ1) is 14.5. The van der Waals surface area contributed by atoms with Crippen LogP contribution in [0.25, 0.3) is 0 Å². The zero-order valence-electron chi connectivity index (χ0n) is 10.7. The van der Waals surface area contributed by atoms with Crippen LogP contribution in [0.1, 0.15) is 16.2 Å². The highest BCUT2D eigenvalue weighted by Crippen LogP contribution is 2.18. The van der Waals surface area contributed by atoms with Crippen LogP contribution in [-0.2, 0) is 32.3 Å². The van der Waals surface area contributed by atoms with Gasteiger partial charge >= 0.3 is 5.97 Å². The summed E-state index contributed by atoms with van der Waals surface area (Å²) < 4.78 is 27.3. The first-order valence-corrected chi connectivity index (χ1v) is 8.70. The molecule has 0 aromatic carbocycles. The first-order chi connectivity index (χ1) is 8.98. The molecule has 0 saturated carbocycles. The molecular weight excluding hydrogens is 286 g/mol. The lowest BCUT2D eigenvalue weighted by molar-refractivity contribution is -0.139. The third kappa shape index (κ3) is 4.29. The highest BCUT2D eigenvalue weighted by Gasteiger charge is 2.27. The number of hydrogen-bond acceptors (Lipinski definition) is 6. The van der Waals surface area contributed by atoms with Crippen LogP contribution in [0.3, 0.4) is 0 Å². The standard InChI is InChI=1S/C12H17NO4S2/c1-17-12(14)6-10-2-3-11(18-10)7-13-9-4-5-19(15,16)8-9/h2-3,9,13H,4-8H2,1H3. The Hall–Kier alpha value is -0.920. The minimum atomic E-state index is -2.83. The monoisotopic (exact) mass is 303 g/mol. The second-order valence-corrected chi connectivity index (χ2v) is 8.08. The number of nitrogens with one attached hydrogen (secondary N) is 1. The van der Waals surface area contributed by atoms with Crippen LogP contribution in [0.15, 0.2) is 12.1 Å². The van der Waals surface area contributed by atoms with E-state index in [9.17, 15) is 13.2 Å². The predicted molar refractivity (Wildman–Crippen MR) is 73.9 cm³/mol. The molecule has 1 saturated heterocycles. The van der Waals surface area contributed by atoms with Crippen molar-refractivity contribution in [2.45, 2.75) is 25.4 Å².